The van der Waals surface area contributed by atoms with Gasteiger partial charge in [-0.25, -0.2) is 0 Å². The zero-order valence-electron chi connectivity index (χ0n) is 22.1. The Bertz CT molecular complexity index is 1400. The number of carboxylic acids is 1. The van der Waals surface area contributed by atoms with Gasteiger partial charge in [-0.1, -0.05) is 81.6 Å². The molecule has 0 bridgehead atoms. The van der Waals surface area contributed by atoms with Gasteiger partial charge in [0, 0.05) is 38.7 Å². The first-order chi connectivity index (χ1) is 18.7. The fraction of sp³-hybridized carbons (Fsp3) is 0.233. The Morgan fingerprint density at radius 1 is 0.950 bits per heavy atom. The second-order valence-corrected chi connectivity index (χ2v) is 11.0. The van der Waals surface area contributed by atoms with Crippen molar-refractivity contribution >= 4 is 62.6 Å². The average molecular weight is 652 g/mol. The van der Waals surface area contributed by atoms with E-state index in [1.165, 1.54) is 6.08 Å². The molecule has 2 amide bonds. The molecule has 4 rings (SSSR count). The largest absolute Gasteiger partial charge is 1.00 e. The summed E-state index contributed by atoms with van der Waals surface area (Å²) >= 11 is 15.8. The number of amides is 2. The van der Waals surface area contributed by atoms with Crippen molar-refractivity contribution < 1.29 is 49.0 Å². The van der Waals surface area contributed by atoms with Gasteiger partial charge in [0.1, 0.15) is 6.04 Å². The molecule has 0 aromatic heterocycles. The Kier molecular flexibility index (Phi) is 11.9. The quantitative estimate of drug-likeness (QED) is 0.263. The number of aliphatic carboxylic acids is 1. The van der Waals surface area contributed by atoms with Crippen LogP contribution in [0.3, 0.4) is 0 Å². The SMILES string of the molecule is C[C@H](c1ccc(Cl)cc1)N1C(=O)C=C(c2ccccc2Br)N(CCCCC(=O)[O-])C(=O)[C@@H]1c1ccc(Cl)cc1.[Na+]. The Hall–Kier alpha value is -2.13. The third-order valence-corrected chi connectivity index (χ3v) is 7.90. The van der Waals surface area contributed by atoms with Gasteiger partial charge in [-0.2, -0.15) is 0 Å². The molecule has 3 aromatic rings. The number of benzene rings is 3. The van der Waals surface area contributed by atoms with Crippen molar-refractivity contribution in [2.24, 2.45) is 0 Å². The predicted octanol–water partition coefficient (Wildman–Crippen LogP) is 3.19. The van der Waals surface area contributed by atoms with Gasteiger partial charge < -0.3 is 19.7 Å². The van der Waals surface area contributed by atoms with E-state index in [4.69, 9.17) is 23.2 Å². The van der Waals surface area contributed by atoms with Crippen LogP contribution < -0.4 is 34.7 Å². The molecule has 0 unspecified atom stereocenters. The molecule has 3 aromatic carbocycles. The van der Waals surface area contributed by atoms with Crippen LogP contribution in [0.4, 0.5) is 0 Å². The van der Waals surface area contributed by atoms with E-state index in [1.54, 1.807) is 46.2 Å². The van der Waals surface area contributed by atoms with Crippen LogP contribution in [0.2, 0.25) is 10.0 Å². The molecule has 0 fully saturated rings. The summed E-state index contributed by atoms with van der Waals surface area (Å²) in [6.07, 6.45) is 2.12. The summed E-state index contributed by atoms with van der Waals surface area (Å²) in [6.45, 7) is 2.10. The summed E-state index contributed by atoms with van der Waals surface area (Å²) in [6, 6.07) is 20.0. The first kappa shape index (κ1) is 32.4. The summed E-state index contributed by atoms with van der Waals surface area (Å²) in [5.41, 5.74) is 2.54. The number of nitrogens with zero attached hydrogens (tertiary/aromatic N) is 2. The number of carboxylic acid groups (broad SMARTS) is 1. The number of carbonyl (C=O) groups is 3. The third kappa shape index (κ3) is 7.58. The van der Waals surface area contributed by atoms with Crippen molar-refractivity contribution in [3.05, 3.63) is 110 Å². The standard InChI is InChI=1S/C30H27BrCl2N2O4.Na/c1-19(20-9-13-22(32)14-10-20)35-27(36)18-26(24-6-2-3-7-25(24)31)34(17-5-4-8-28(37)38)30(39)29(35)21-11-15-23(33)16-12-21;/h2-3,6-7,9-16,18-19,29H,4-5,8,17H2,1H3,(H,37,38);/q;+1/p-1/t19-,29+;/m1./s1. The van der Waals surface area contributed by atoms with Gasteiger partial charge >= 0.3 is 29.6 Å². The molecule has 0 aliphatic carbocycles. The zero-order chi connectivity index (χ0) is 28.1. The van der Waals surface area contributed by atoms with Crippen molar-refractivity contribution in [1.29, 1.82) is 0 Å². The maximum absolute atomic E-state index is 14.5. The molecular weight excluding hydrogens is 626 g/mol. The van der Waals surface area contributed by atoms with Crippen LogP contribution >= 0.6 is 39.1 Å². The zero-order valence-corrected chi connectivity index (χ0v) is 27.2. The third-order valence-electron chi connectivity index (χ3n) is 6.70. The van der Waals surface area contributed by atoms with Gasteiger partial charge in [0.2, 0.25) is 5.91 Å². The number of hydrogen-bond acceptors (Lipinski definition) is 4. The summed E-state index contributed by atoms with van der Waals surface area (Å²) in [4.78, 5) is 42.7. The first-order valence-corrected chi connectivity index (χ1v) is 14.0. The molecule has 1 aliphatic heterocycles. The minimum absolute atomic E-state index is 0. The van der Waals surface area contributed by atoms with Crippen molar-refractivity contribution in [3.63, 3.8) is 0 Å². The number of hydrogen-bond donors (Lipinski definition) is 0. The number of unbranched alkanes of at least 4 members (excludes halogenated alkanes) is 1. The van der Waals surface area contributed by atoms with E-state index >= 15 is 0 Å². The number of halogens is 3. The van der Waals surface area contributed by atoms with Gasteiger partial charge in [0.25, 0.3) is 5.91 Å². The van der Waals surface area contributed by atoms with Gasteiger partial charge in [-0.05, 0) is 67.6 Å². The molecule has 2 atom stereocenters. The van der Waals surface area contributed by atoms with E-state index in [0.717, 1.165) is 10.0 Å². The molecular formula is C30H26BrCl2N2NaO4. The number of rotatable bonds is 9. The molecule has 0 radical (unpaired) electrons. The Balaban J connectivity index is 0.00000441. The monoisotopic (exact) mass is 650 g/mol. The normalized spacial score (nSPS) is 16.2. The van der Waals surface area contributed by atoms with Gasteiger partial charge in [0.15, 0.2) is 0 Å². The minimum atomic E-state index is -1.14. The van der Waals surface area contributed by atoms with Gasteiger partial charge in [-0.15, -0.1) is 0 Å². The smallest absolute Gasteiger partial charge is 0.550 e. The van der Waals surface area contributed by atoms with Crippen LogP contribution in [0, 0.1) is 0 Å². The van der Waals surface area contributed by atoms with E-state index < -0.39 is 18.1 Å². The Morgan fingerprint density at radius 2 is 1.55 bits per heavy atom. The molecule has 0 saturated heterocycles. The topological polar surface area (TPSA) is 80.8 Å². The van der Waals surface area contributed by atoms with Gasteiger partial charge in [-0.3, -0.25) is 9.59 Å². The van der Waals surface area contributed by atoms with Crippen LogP contribution in [0.15, 0.2) is 83.3 Å². The fourth-order valence-electron chi connectivity index (χ4n) is 4.71. The van der Waals surface area contributed by atoms with Crippen LogP contribution in [0.25, 0.3) is 5.70 Å². The summed E-state index contributed by atoms with van der Waals surface area (Å²) < 4.78 is 0.721. The molecule has 202 valence electrons. The Labute approximate surface area is 274 Å². The Morgan fingerprint density at radius 3 is 2.15 bits per heavy atom. The molecule has 0 saturated carbocycles. The minimum Gasteiger partial charge on any atom is -0.550 e. The maximum atomic E-state index is 14.5. The van der Waals surface area contributed by atoms with Crippen molar-refractivity contribution in [2.45, 2.75) is 38.3 Å². The summed E-state index contributed by atoms with van der Waals surface area (Å²) in [5, 5.41) is 12.1. The van der Waals surface area contributed by atoms with Crippen LogP contribution in [-0.4, -0.2) is 34.1 Å². The van der Waals surface area contributed by atoms with E-state index in [1.807, 2.05) is 43.3 Å². The molecule has 0 spiro atoms. The first-order valence-electron chi connectivity index (χ1n) is 12.5. The van der Waals surface area contributed by atoms with E-state index in [9.17, 15) is 19.5 Å². The average Bonchev–Trinajstić information content (AvgIpc) is 3.01. The van der Waals surface area contributed by atoms with Crippen LogP contribution in [0.1, 0.15) is 55.0 Å². The van der Waals surface area contributed by atoms with Crippen molar-refractivity contribution in [3.8, 4) is 0 Å². The molecule has 40 heavy (non-hydrogen) atoms. The molecule has 0 N–H and O–H groups in total. The second-order valence-electron chi connectivity index (χ2n) is 9.26. The van der Waals surface area contributed by atoms with E-state index in [-0.39, 0.29) is 54.3 Å². The van der Waals surface area contributed by atoms with Crippen LogP contribution in [0.5, 0.6) is 0 Å². The molecule has 1 heterocycles. The number of carbonyl (C=O) groups excluding carboxylic acids is 3. The maximum Gasteiger partial charge on any atom is 1.00 e. The fourth-order valence-corrected chi connectivity index (χ4v) is 5.45. The molecule has 1 aliphatic rings. The molecule has 6 nitrogen and oxygen atoms in total. The predicted molar refractivity (Wildman–Crippen MR) is 154 cm³/mol. The van der Waals surface area contributed by atoms with E-state index in [0.29, 0.717) is 39.7 Å². The van der Waals surface area contributed by atoms with Crippen LogP contribution in [-0.2, 0) is 14.4 Å². The summed E-state index contributed by atoms with van der Waals surface area (Å²) in [5.74, 6) is -1.79. The second kappa shape index (κ2) is 14.7. The molecule has 10 heteroatoms. The summed E-state index contributed by atoms with van der Waals surface area (Å²) in [7, 11) is 0. The van der Waals surface area contributed by atoms with Gasteiger partial charge in [0.05, 0.1) is 11.7 Å². The van der Waals surface area contributed by atoms with Crippen molar-refractivity contribution in [1.82, 2.24) is 9.80 Å². The van der Waals surface area contributed by atoms with Crippen molar-refractivity contribution in [2.75, 3.05) is 6.54 Å². The van der Waals surface area contributed by atoms with E-state index in [2.05, 4.69) is 15.9 Å².